The van der Waals surface area contributed by atoms with Crippen molar-refractivity contribution in [3.8, 4) is 0 Å². The minimum absolute atomic E-state index is 0.0357. The first kappa shape index (κ1) is 16.8. The fourth-order valence-electron chi connectivity index (χ4n) is 2.03. The van der Waals surface area contributed by atoms with E-state index in [9.17, 15) is 14.0 Å². The summed E-state index contributed by atoms with van der Waals surface area (Å²) in [6.07, 6.45) is 2.73. The number of halogens is 1. The highest BCUT2D eigenvalue weighted by molar-refractivity contribution is 7.19. The van der Waals surface area contributed by atoms with Crippen molar-refractivity contribution in [2.75, 3.05) is 11.9 Å². The van der Waals surface area contributed by atoms with Crippen LogP contribution in [0.1, 0.15) is 5.01 Å². The van der Waals surface area contributed by atoms with Crippen LogP contribution in [0.3, 0.4) is 0 Å². The number of aromatic nitrogens is 1. The summed E-state index contributed by atoms with van der Waals surface area (Å²) < 4.78 is 19.2. The number of carbonyl (C=O) groups is 2. The molecule has 1 aromatic heterocycles. The van der Waals surface area contributed by atoms with E-state index in [2.05, 4.69) is 10.3 Å². The van der Waals surface area contributed by atoms with Gasteiger partial charge >= 0.3 is 5.97 Å². The predicted molar refractivity (Wildman–Crippen MR) is 94.6 cm³/mol. The van der Waals surface area contributed by atoms with Gasteiger partial charge in [0.25, 0.3) is 5.91 Å². The lowest BCUT2D eigenvalue weighted by molar-refractivity contribution is -0.142. The summed E-state index contributed by atoms with van der Waals surface area (Å²) in [5, 5.41) is 2.99. The second kappa shape index (κ2) is 7.67. The second-order valence-corrected chi connectivity index (χ2v) is 6.05. The molecule has 0 fully saturated rings. The molecule has 3 rings (SSSR count). The van der Waals surface area contributed by atoms with Crippen molar-refractivity contribution < 1.29 is 18.7 Å². The van der Waals surface area contributed by atoms with Crippen LogP contribution >= 0.6 is 11.3 Å². The number of fused-ring (bicyclic) bond motifs is 1. The van der Waals surface area contributed by atoms with Gasteiger partial charge in [-0.05, 0) is 30.3 Å². The Balaban J connectivity index is 1.52. The summed E-state index contributed by atoms with van der Waals surface area (Å²) in [6, 6.07) is 13.4. The number of nitrogens with zero attached hydrogens (tertiary/aromatic N) is 1. The zero-order valence-corrected chi connectivity index (χ0v) is 13.8. The maximum absolute atomic E-state index is 13.4. The smallest absolute Gasteiger partial charge is 0.331 e. The Morgan fingerprint density at radius 3 is 2.72 bits per heavy atom. The molecule has 0 aliphatic carbocycles. The lowest BCUT2D eigenvalue weighted by Crippen LogP contribution is -2.20. The average Bonchev–Trinajstić information content (AvgIpc) is 3.03. The van der Waals surface area contributed by atoms with E-state index < -0.39 is 24.3 Å². The summed E-state index contributed by atoms with van der Waals surface area (Å²) in [7, 11) is 0. The normalized spacial score (nSPS) is 10.9. The van der Waals surface area contributed by atoms with Crippen molar-refractivity contribution in [1.29, 1.82) is 0 Å². The number of ether oxygens (including phenoxy) is 1. The van der Waals surface area contributed by atoms with Gasteiger partial charge in [0.1, 0.15) is 10.8 Å². The summed E-state index contributed by atoms with van der Waals surface area (Å²) >= 11 is 1.44. The Labute approximate surface area is 146 Å². The number of nitrogens with one attached hydrogen (secondary N) is 1. The number of amides is 1. The van der Waals surface area contributed by atoms with Crippen LogP contribution < -0.4 is 5.32 Å². The number of esters is 1. The van der Waals surface area contributed by atoms with E-state index in [-0.39, 0.29) is 5.69 Å². The van der Waals surface area contributed by atoms with Crippen LogP contribution in [0.4, 0.5) is 10.1 Å². The molecule has 1 heterocycles. The maximum atomic E-state index is 13.4. The second-order valence-electron chi connectivity index (χ2n) is 4.99. The minimum atomic E-state index is -0.678. The molecular weight excluding hydrogens is 343 g/mol. The molecule has 0 saturated carbocycles. The van der Waals surface area contributed by atoms with E-state index in [0.29, 0.717) is 5.01 Å². The monoisotopic (exact) mass is 356 g/mol. The van der Waals surface area contributed by atoms with Crippen molar-refractivity contribution in [3.05, 3.63) is 65.4 Å². The first-order valence-electron chi connectivity index (χ1n) is 7.36. The number of thiazole rings is 1. The van der Waals surface area contributed by atoms with Gasteiger partial charge in [-0.2, -0.15) is 0 Å². The van der Waals surface area contributed by atoms with Crippen LogP contribution in [-0.4, -0.2) is 23.5 Å². The SMILES string of the molecule is O=C(COC(=O)/C=C/c1nc2ccccc2s1)Nc1ccccc1F. The Bertz CT molecular complexity index is 919. The number of rotatable bonds is 5. The van der Waals surface area contributed by atoms with Gasteiger partial charge in [-0.3, -0.25) is 4.79 Å². The van der Waals surface area contributed by atoms with E-state index in [1.54, 1.807) is 6.07 Å². The van der Waals surface area contributed by atoms with Crippen molar-refractivity contribution in [2.45, 2.75) is 0 Å². The van der Waals surface area contributed by atoms with E-state index >= 15 is 0 Å². The average molecular weight is 356 g/mol. The number of hydrogen-bond donors (Lipinski definition) is 1. The van der Waals surface area contributed by atoms with Crippen LogP contribution in [0.25, 0.3) is 16.3 Å². The molecule has 1 amide bonds. The van der Waals surface area contributed by atoms with Gasteiger partial charge in [0.2, 0.25) is 0 Å². The van der Waals surface area contributed by atoms with Gasteiger partial charge in [0.05, 0.1) is 15.9 Å². The third kappa shape index (κ3) is 4.48. The van der Waals surface area contributed by atoms with E-state index in [1.165, 1.54) is 41.7 Å². The molecule has 7 heteroatoms. The predicted octanol–water partition coefficient (Wildman–Crippen LogP) is 3.63. The first-order chi connectivity index (χ1) is 12.1. The Morgan fingerprint density at radius 1 is 1.16 bits per heavy atom. The van der Waals surface area contributed by atoms with Crippen LogP contribution in [0.15, 0.2) is 54.6 Å². The highest BCUT2D eigenvalue weighted by atomic mass is 32.1. The van der Waals surface area contributed by atoms with E-state index in [1.807, 2.05) is 24.3 Å². The Morgan fingerprint density at radius 2 is 1.92 bits per heavy atom. The van der Waals surface area contributed by atoms with Crippen molar-refractivity contribution >= 4 is 45.2 Å². The summed E-state index contributed by atoms with van der Waals surface area (Å²) in [5.74, 6) is -1.85. The number of carbonyl (C=O) groups excluding carboxylic acids is 2. The van der Waals surface area contributed by atoms with Gasteiger partial charge in [-0.1, -0.05) is 24.3 Å². The van der Waals surface area contributed by atoms with E-state index in [0.717, 1.165) is 10.2 Å². The summed E-state index contributed by atoms with van der Waals surface area (Å²) in [5.41, 5.74) is 0.887. The molecule has 25 heavy (non-hydrogen) atoms. The minimum Gasteiger partial charge on any atom is -0.452 e. The number of benzene rings is 2. The number of para-hydroxylation sites is 2. The maximum Gasteiger partial charge on any atom is 0.331 e. The zero-order valence-electron chi connectivity index (χ0n) is 12.9. The standard InChI is InChI=1S/C18H13FN2O3S/c19-12-5-1-2-6-13(12)20-16(22)11-24-18(23)10-9-17-21-14-7-3-4-8-15(14)25-17/h1-10H,11H2,(H,20,22)/b10-9+. The molecule has 1 N–H and O–H groups in total. The largest absolute Gasteiger partial charge is 0.452 e. The molecule has 5 nitrogen and oxygen atoms in total. The van der Waals surface area contributed by atoms with Gasteiger partial charge < -0.3 is 10.1 Å². The molecule has 126 valence electrons. The lowest BCUT2D eigenvalue weighted by atomic mass is 10.3. The molecule has 0 saturated heterocycles. The Hall–Kier alpha value is -3.06. The lowest BCUT2D eigenvalue weighted by Gasteiger charge is -2.05. The summed E-state index contributed by atoms with van der Waals surface area (Å²) in [4.78, 5) is 27.7. The molecule has 0 bridgehead atoms. The van der Waals surface area contributed by atoms with Crippen LogP contribution in [-0.2, 0) is 14.3 Å². The molecule has 0 spiro atoms. The van der Waals surface area contributed by atoms with Gasteiger partial charge in [-0.25, -0.2) is 14.2 Å². The first-order valence-corrected chi connectivity index (χ1v) is 8.18. The van der Waals surface area contributed by atoms with Crippen molar-refractivity contribution in [3.63, 3.8) is 0 Å². The molecule has 0 aliphatic rings. The zero-order chi connectivity index (χ0) is 17.6. The third-order valence-corrected chi connectivity index (χ3v) is 4.17. The molecular formula is C18H13FN2O3S. The Kier molecular flexibility index (Phi) is 5.15. The molecule has 0 atom stereocenters. The highest BCUT2D eigenvalue weighted by Gasteiger charge is 2.08. The molecule has 0 aliphatic heterocycles. The topological polar surface area (TPSA) is 68.3 Å². The molecule has 0 unspecified atom stereocenters. The van der Waals surface area contributed by atoms with Crippen LogP contribution in [0, 0.1) is 5.82 Å². The van der Waals surface area contributed by atoms with Crippen molar-refractivity contribution in [2.24, 2.45) is 0 Å². The number of anilines is 1. The van der Waals surface area contributed by atoms with Gasteiger partial charge in [0.15, 0.2) is 6.61 Å². The number of hydrogen-bond acceptors (Lipinski definition) is 5. The molecule has 0 radical (unpaired) electrons. The van der Waals surface area contributed by atoms with Gasteiger partial charge in [0, 0.05) is 6.08 Å². The van der Waals surface area contributed by atoms with Crippen molar-refractivity contribution in [1.82, 2.24) is 4.98 Å². The fraction of sp³-hybridized carbons (Fsp3) is 0.0556. The summed E-state index contributed by atoms with van der Waals surface area (Å²) in [6.45, 7) is -0.503. The molecule has 2 aromatic carbocycles. The van der Waals surface area contributed by atoms with E-state index in [4.69, 9.17) is 4.74 Å². The molecule has 3 aromatic rings. The quantitative estimate of drug-likeness (QED) is 0.560. The third-order valence-electron chi connectivity index (χ3n) is 3.17. The fourth-order valence-corrected chi connectivity index (χ4v) is 2.90. The highest BCUT2D eigenvalue weighted by Crippen LogP contribution is 2.22. The van der Waals surface area contributed by atoms with Gasteiger partial charge in [-0.15, -0.1) is 11.3 Å². The van der Waals surface area contributed by atoms with Crippen LogP contribution in [0.2, 0.25) is 0 Å². The van der Waals surface area contributed by atoms with Crippen LogP contribution in [0.5, 0.6) is 0 Å².